The van der Waals surface area contributed by atoms with Gasteiger partial charge in [0.15, 0.2) is 0 Å². The van der Waals surface area contributed by atoms with Gasteiger partial charge in [-0.1, -0.05) is 17.7 Å². The fourth-order valence-corrected chi connectivity index (χ4v) is 2.39. The molecule has 6 N–H and O–H groups in total. The van der Waals surface area contributed by atoms with Gasteiger partial charge in [0.2, 0.25) is 0 Å². The first-order valence-corrected chi connectivity index (χ1v) is 8.44. The number of anilines is 1. The number of hydrogen-bond donors (Lipinski definition) is 5. The van der Waals surface area contributed by atoms with Gasteiger partial charge in [-0.05, 0) is 30.7 Å². The van der Waals surface area contributed by atoms with Crippen LogP contribution in [0.15, 0.2) is 48.2 Å². The maximum absolute atomic E-state index is 10.9. The maximum Gasteiger partial charge on any atom is 0.320 e. The van der Waals surface area contributed by atoms with Crippen molar-refractivity contribution < 1.29 is 29.6 Å². The lowest BCUT2D eigenvalue weighted by Gasteiger charge is -2.16. The highest BCUT2D eigenvalue weighted by Crippen LogP contribution is 2.33. The van der Waals surface area contributed by atoms with Crippen molar-refractivity contribution in [2.24, 2.45) is 5.73 Å². The van der Waals surface area contributed by atoms with Gasteiger partial charge in [0.25, 0.3) is 0 Å². The highest BCUT2D eigenvalue weighted by molar-refractivity contribution is 5.74. The standard InChI is InChI=1S/C20H22N2O6/c1-12-2-4-15(5-3-12)28-11-14(6-7-23)22-17-9-13(8-16(21)20(26)27)18(24)10-19(17)25/h2-7,9-10,16,22,24-25H,8,11,21H2,1H3,(H,26,27)/t16-/m0/s1. The van der Waals surface area contributed by atoms with Crippen LogP contribution in [0.5, 0.6) is 17.2 Å². The highest BCUT2D eigenvalue weighted by atomic mass is 16.5. The number of hydrogen-bond acceptors (Lipinski definition) is 7. The predicted molar refractivity (Wildman–Crippen MR) is 104 cm³/mol. The van der Waals surface area contributed by atoms with E-state index in [1.807, 2.05) is 19.1 Å². The zero-order valence-corrected chi connectivity index (χ0v) is 15.3. The third-order valence-corrected chi connectivity index (χ3v) is 3.93. The van der Waals surface area contributed by atoms with E-state index in [2.05, 4.69) is 5.32 Å². The number of phenolic OH excluding ortho intramolecular Hbond substituents is 2. The molecule has 2 rings (SSSR count). The molecular formula is C20H22N2O6. The minimum Gasteiger partial charge on any atom is -0.508 e. The van der Waals surface area contributed by atoms with Crippen molar-refractivity contribution in [3.8, 4) is 17.2 Å². The van der Waals surface area contributed by atoms with E-state index < -0.39 is 12.0 Å². The molecule has 0 aliphatic heterocycles. The summed E-state index contributed by atoms with van der Waals surface area (Å²) in [6.45, 7) is 1.97. The molecule has 0 aromatic heterocycles. The van der Waals surface area contributed by atoms with Crippen LogP contribution in [0.25, 0.3) is 0 Å². The molecule has 0 saturated carbocycles. The van der Waals surface area contributed by atoms with Crippen LogP contribution >= 0.6 is 0 Å². The number of carbonyl (C=O) groups excluding carboxylic acids is 1. The second-order valence-corrected chi connectivity index (χ2v) is 6.20. The van der Waals surface area contributed by atoms with Crippen LogP contribution in [0.3, 0.4) is 0 Å². The molecule has 1 atom stereocenters. The molecule has 0 fully saturated rings. The molecule has 0 amide bonds. The molecule has 0 radical (unpaired) electrons. The summed E-state index contributed by atoms with van der Waals surface area (Å²) in [5, 5.41) is 31.8. The zero-order valence-electron chi connectivity index (χ0n) is 15.3. The molecule has 0 saturated heterocycles. The molecule has 2 aromatic carbocycles. The van der Waals surface area contributed by atoms with Gasteiger partial charge in [-0.2, -0.15) is 0 Å². The van der Waals surface area contributed by atoms with Crippen molar-refractivity contribution >= 4 is 17.9 Å². The van der Waals surface area contributed by atoms with Gasteiger partial charge in [-0.15, -0.1) is 0 Å². The average Bonchev–Trinajstić information content (AvgIpc) is 2.64. The Morgan fingerprint density at radius 1 is 1.21 bits per heavy atom. The number of benzene rings is 2. The Hall–Kier alpha value is -3.52. The topological polar surface area (TPSA) is 142 Å². The number of rotatable bonds is 9. The average molecular weight is 386 g/mol. The van der Waals surface area contributed by atoms with E-state index in [0.29, 0.717) is 17.7 Å². The first kappa shape index (κ1) is 20.8. The molecule has 0 unspecified atom stereocenters. The third kappa shape index (κ3) is 5.75. The van der Waals surface area contributed by atoms with Gasteiger partial charge in [-0.3, -0.25) is 9.59 Å². The Morgan fingerprint density at radius 2 is 1.89 bits per heavy atom. The molecule has 0 heterocycles. The van der Waals surface area contributed by atoms with E-state index in [0.717, 1.165) is 11.6 Å². The Labute approximate surface area is 161 Å². The summed E-state index contributed by atoms with van der Waals surface area (Å²) in [4.78, 5) is 21.9. The molecule has 0 aliphatic rings. The highest BCUT2D eigenvalue weighted by Gasteiger charge is 2.17. The molecule has 0 spiro atoms. The SMILES string of the molecule is Cc1ccc(OCC(=CC=O)Nc2cc(C[C@H](N)C(=O)O)c(O)cc2O)cc1. The monoisotopic (exact) mass is 386 g/mol. The van der Waals surface area contributed by atoms with Gasteiger partial charge in [0.1, 0.15) is 36.2 Å². The van der Waals surface area contributed by atoms with Gasteiger partial charge in [0.05, 0.1) is 11.4 Å². The van der Waals surface area contributed by atoms with Crippen molar-refractivity contribution in [3.05, 3.63) is 59.3 Å². The van der Waals surface area contributed by atoms with E-state index in [-0.39, 0.29) is 35.8 Å². The first-order valence-electron chi connectivity index (χ1n) is 8.44. The van der Waals surface area contributed by atoms with Crippen molar-refractivity contribution in [2.75, 3.05) is 11.9 Å². The van der Waals surface area contributed by atoms with Crippen LogP contribution in [0.4, 0.5) is 5.69 Å². The second kappa shape index (κ2) is 9.43. The van der Waals surface area contributed by atoms with Crippen LogP contribution in [0.2, 0.25) is 0 Å². The lowest BCUT2D eigenvalue weighted by atomic mass is 10.0. The number of phenols is 2. The summed E-state index contributed by atoms with van der Waals surface area (Å²) in [6, 6.07) is 8.59. The van der Waals surface area contributed by atoms with Crippen molar-refractivity contribution in [2.45, 2.75) is 19.4 Å². The second-order valence-electron chi connectivity index (χ2n) is 6.20. The van der Waals surface area contributed by atoms with Crippen LogP contribution < -0.4 is 15.8 Å². The largest absolute Gasteiger partial charge is 0.508 e. The van der Waals surface area contributed by atoms with Crippen LogP contribution in [0, 0.1) is 6.92 Å². The third-order valence-electron chi connectivity index (χ3n) is 3.93. The fraction of sp³-hybridized carbons (Fsp3) is 0.200. The van der Waals surface area contributed by atoms with E-state index in [1.54, 1.807) is 12.1 Å². The number of aromatic hydroxyl groups is 2. The Bertz CT molecular complexity index is 877. The van der Waals surface area contributed by atoms with E-state index in [1.165, 1.54) is 12.1 Å². The lowest BCUT2D eigenvalue weighted by molar-refractivity contribution is -0.138. The number of nitrogens with two attached hydrogens (primary N) is 1. The number of aryl methyl sites for hydroxylation is 1. The summed E-state index contributed by atoms with van der Waals surface area (Å²) in [6.07, 6.45) is 1.67. The Morgan fingerprint density at radius 3 is 2.50 bits per heavy atom. The number of carboxylic acid groups (broad SMARTS) is 1. The van der Waals surface area contributed by atoms with Gasteiger partial charge in [0, 0.05) is 18.6 Å². The summed E-state index contributed by atoms with van der Waals surface area (Å²) in [5.41, 5.74) is 7.35. The molecule has 2 aromatic rings. The van der Waals surface area contributed by atoms with E-state index in [4.69, 9.17) is 15.6 Å². The molecule has 148 valence electrons. The minimum atomic E-state index is -1.21. The molecule has 28 heavy (non-hydrogen) atoms. The van der Waals surface area contributed by atoms with E-state index >= 15 is 0 Å². The zero-order chi connectivity index (χ0) is 20.7. The molecular weight excluding hydrogens is 364 g/mol. The Kier molecular flexibility index (Phi) is 7.00. The van der Waals surface area contributed by atoms with Gasteiger partial charge in [-0.25, -0.2) is 0 Å². The van der Waals surface area contributed by atoms with Crippen LogP contribution in [-0.4, -0.2) is 40.2 Å². The summed E-state index contributed by atoms with van der Waals surface area (Å²) in [7, 11) is 0. The number of aliphatic carboxylic acids is 1. The number of nitrogens with one attached hydrogen (secondary N) is 1. The van der Waals surface area contributed by atoms with E-state index in [9.17, 15) is 19.8 Å². The first-order chi connectivity index (χ1) is 13.3. The van der Waals surface area contributed by atoms with Gasteiger partial charge >= 0.3 is 5.97 Å². The molecule has 0 aliphatic carbocycles. The smallest absolute Gasteiger partial charge is 0.320 e. The van der Waals surface area contributed by atoms with Gasteiger partial charge < -0.3 is 31.1 Å². The Balaban J connectivity index is 2.17. The number of allylic oxidation sites excluding steroid dienone is 1. The minimum absolute atomic E-state index is 0.0199. The molecule has 8 heteroatoms. The summed E-state index contributed by atoms with van der Waals surface area (Å²) >= 11 is 0. The van der Waals surface area contributed by atoms with Crippen molar-refractivity contribution in [3.63, 3.8) is 0 Å². The summed E-state index contributed by atoms with van der Waals surface area (Å²) < 4.78 is 5.62. The number of ether oxygens (including phenoxy) is 1. The lowest BCUT2D eigenvalue weighted by Crippen LogP contribution is -2.32. The predicted octanol–water partition coefficient (Wildman–Crippen LogP) is 1.93. The molecule has 0 bridgehead atoms. The molecule has 8 nitrogen and oxygen atoms in total. The normalized spacial score (nSPS) is 12.3. The number of aldehydes is 1. The van der Waals surface area contributed by atoms with Crippen molar-refractivity contribution in [1.82, 2.24) is 0 Å². The summed E-state index contributed by atoms with van der Waals surface area (Å²) in [5.74, 6) is -1.17. The fourth-order valence-electron chi connectivity index (χ4n) is 2.39. The van der Waals surface area contributed by atoms with Crippen LogP contribution in [0.1, 0.15) is 11.1 Å². The number of carbonyl (C=O) groups is 2. The maximum atomic E-state index is 10.9. The quantitative estimate of drug-likeness (QED) is 0.190. The van der Waals surface area contributed by atoms with Crippen molar-refractivity contribution in [1.29, 1.82) is 0 Å². The number of carboxylic acids is 1. The van der Waals surface area contributed by atoms with Crippen LogP contribution in [-0.2, 0) is 16.0 Å².